The number of hydrogen-bond acceptors (Lipinski definition) is 4. The van der Waals surface area contributed by atoms with Gasteiger partial charge in [0, 0.05) is 37.2 Å². The highest BCUT2D eigenvalue weighted by atomic mass is 16.2. The largest absolute Gasteiger partial charge is 0.313 e. The zero-order valence-corrected chi connectivity index (χ0v) is 19.3. The zero-order chi connectivity index (χ0) is 22.5. The van der Waals surface area contributed by atoms with Crippen molar-refractivity contribution in [2.75, 3.05) is 11.4 Å². The molecular weight excluding hydrogens is 398 g/mol. The van der Waals surface area contributed by atoms with Crippen molar-refractivity contribution in [3.05, 3.63) is 54.1 Å². The Morgan fingerprint density at radius 3 is 2.47 bits per heavy atom. The molecule has 0 radical (unpaired) electrons. The Bertz CT molecular complexity index is 1070. The molecule has 0 saturated heterocycles. The van der Waals surface area contributed by atoms with Gasteiger partial charge in [-0.1, -0.05) is 74.4 Å². The standard InChI is InChI=1S/C26H33N5O/c1-4-10-20(11-5-2)27-17-16-24(32)31-18-19-12-6-7-13-21(19)26-25(28-29-30(26)3)22-14-8-9-15-23(22)31/h6-9,12-15,20,27H,4-5,10-11,16-18H2,1-3H3. The van der Waals surface area contributed by atoms with Crippen molar-refractivity contribution < 1.29 is 4.79 Å². The summed E-state index contributed by atoms with van der Waals surface area (Å²) in [6.45, 7) is 5.65. The number of carbonyl (C=O) groups excluding carboxylic acids is 1. The summed E-state index contributed by atoms with van der Waals surface area (Å²) in [7, 11) is 1.92. The minimum absolute atomic E-state index is 0.124. The molecule has 0 aliphatic carbocycles. The van der Waals surface area contributed by atoms with E-state index in [9.17, 15) is 4.79 Å². The van der Waals surface area contributed by atoms with E-state index in [1.807, 2.05) is 53.0 Å². The third-order valence-corrected chi connectivity index (χ3v) is 6.22. The number of anilines is 1. The molecule has 0 atom stereocenters. The quantitative estimate of drug-likeness (QED) is 0.548. The second-order valence-corrected chi connectivity index (χ2v) is 8.54. The molecule has 0 saturated carbocycles. The molecule has 3 aromatic rings. The van der Waals surface area contributed by atoms with Crippen LogP contribution in [-0.4, -0.2) is 33.5 Å². The molecule has 0 fully saturated rings. The first kappa shape index (κ1) is 22.2. The highest BCUT2D eigenvalue weighted by molar-refractivity contribution is 6.00. The van der Waals surface area contributed by atoms with Crippen LogP contribution >= 0.6 is 0 Å². The number of nitrogens with one attached hydrogen (secondary N) is 1. The van der Waals surface area contributed by atoms with Gasteiger partial charge in [0.15, 0.2) is 0 Å². The Kier molecular flexibility index (Phi) is 7.00. The molecule has 0 bridgehead atoms. The van der Waals surface area contributed by atoms with Gasteiger partial charge in [-0.3, -0.25) is 4.79 Å². The van der Waals surface area contributed by atoms with Gasteiger partial charge in [-0.15, -0.1) is 5.10 Å². The van der Waals surface area contributed by atoms with Crippen LogP contribution < -0.4 is 10.2 Å². The minimum atomic E-state index is 0.124. The highest BCUT2D eigenvalue weighted by Gasteiger charge is 2.28. The molecule has 1 aliphatic heterocycles. The molecule has 4 rings (SSSR count). The first-order valence-electron chi connectivity index (χ1n) is 11.7. The predicted octanol–water partition coefficient (Wildman–Crippen LogP) is 4.94. The number of carbonyl (C=O) groups is 1. The van der Waals surface area contributed by atoms with Gasteiger partial charge in [-0.05, 0) is 24.5 Å². The van der Waals surface area contributed by atoms with Gasteiger partial charge in [-0.2, -0.15) is 0 Å². The molecule has 0 unspecified atom stereocenters. The topological polar surface area (TPSA) is 63.1 Å². The number of aromatic nitrogens is 3. The SMILES string of the molecule is CCCC(CCC)NCCC(=O)N1Cc2ccccc2-c2c(nnn2C)-c2ccccc21. The molecule has 0 spiro atoms. The second-order valence-electron chi connectivity index (χ2n) is 8.54. The van der Waals surface area contributed by atoms with Gasteiger partial charge in [0.2, 0.25) is 5.91 Å². The summed E-state index contributed by atoms with van der Waals surface area (Å²) >= 11 is 0. The van der Waals surface area contributed by atoms with Gasteiger partial charge < -0.3 is 10.2 Å². The lowest BCUT2D eigenvalue weighted by atomic mass is 9.95. The lowest BCUT2D eigenvalue weighted by molar-refractivity contribution is -0.118. The van der Waals surface area contributed by atoms with E-state index in [-0.39, 0.29) is 5.91 Å². The average molecular weight is 432 g/mol. The summed E-state index contributed by atoms with van der Waals surface area (Å²) in [5, 5.41) is 12.4. The Labute approximate surface area is 190 Å². The minimum Gasteiger partial charge on any atom is -0.313 e. The number of benzene rings is 2. The normalized spacial score (nSPS) is 12.7. The maximum absolute atomic E-state index is 13.5. The van der Waals surface area contributed by atoms with Gasteiger partial charge in [0.05, 0.1) is 17.9 Å². The number of aryl methyl sites for hydroxylation is 1. The van der Waals surface area contributed by atoms with Crippen molar-refractivity contribution in [2.45, 2.75) is 58.5 Å². The fourth-order valence-corrected chi connectivity index (χ4v) is 4.68. The fraction of sp³-hybridized carbons (Fsp3) is 0.423. The van der Waals surface area contributed by atoms with Crippen LogP contribution in [0.5, 0.6) is 0 Å². The summed E-state index contributed by atoms with van der Waals surface area (Å²) < 4.78 is 1.83. The van der Waals surface area contributed by atoms with E-state index >= 15 is 0 Å². The van der Waals surface area contributed by atoms with Crippen LogP contribution in [-0.2, 0) is 18.4 Å². The van der Waals surface area contributed by atoms with Gasteiger partial charge in [0.1, 0.15) is 5.69 Å². The lowest BCUT2D eigenvalue weighted by Crippen LogP contribution is -2.36. The number of amides is 1. The first-order valence-corrected chi connectivity index (χ1v) is 11.7. The maximum Gasteiger partial charge on any atom is 0.228 e. The molecular formula is C26H33N5O. The highest BCUT2D eigenvalue weighted by Crippen LogP contribution is 2.40. The molecule has 32 heavy (non-hydrogen) atoms. The fourth-order valence-electron chi connectivity index (χ4n) is 4.68. The third-order valence-electron chi connectivity index (χ3n) is 6.22. The van der Waals surface area contributed by atoms with Crippen molar-refractivity contribution in [2.24, 2.45) is 7.05 Å². The smallest absolute Gasteiger partial charge is 0.228 e. The number of para-hydroxylation sites is 1. The lowest BCUT2D eigenvalue weighted by Gasteiger charge is -2.29. The molecule has 168 valence electrons. The van der Waals surface area contributed by atoms with Gasteiger partial charge in [-0.25, -0.2) is 4.68 Å². The third kappa shape index (κ3) is 4.46. The van der Waals surface area contributed by atoms with E-state index < -0.39 is 0 Å². The molecule has 6 heteroatoms. The predicted molar refractivity (Wildman–Crippen MR) is 129 cm³/mol. The Hall–Kier alpha value is -2.99. The summed E-state index contributed by atoms with van der Waals surface area (Å²) in [5.74, 6) is 0.124. The molecule has 6 nitrogen and oxygen atoms in total. The summed E-state index contributed by atoms with van der Waals surface area (Å²) in [6.07, 6.45) is 5.08. The van der Waals surface area contributed by atoms with Crippen molar-refractivity contribution in [3.63, 3.8) is 0 Å². The van der Waals surface area contributed by atoms with Crippen LogP contribution in [0.2, 0.25) is 0 Å². The van der Waals surface area contributed by atoms with Crippen LogP contribution in [0.25, 0.3) is 22.5 Å². The van der Waals surface area contributed by atoms with Crippen LogP contribution in [0.4, 0.5) is 5.69 Å². The second kappa shape index (κ2) is 10.1. The van der Waals surface area contributed by atoms with Gasteiger partial charge >= 0.3 is 0 Å². The van der Waals surface area contributed by atoms with Crippen molar-refractivity contribution in [1.82, 2.24) is 20.3 Å². The molecule has 1 aliphatic rings. The molecule has 2 aromatic carbocycles. The molecule has 2 heterocycles. The summed E-state index contributed by atoms with van der Waals surface area (Å²) in [6, 6.07) is 16.8. The van der Waals surface area contributed by atoms with E-state index in [2.05, 4.69) is 41.6 Å². The van der Waals surface area contributed by atoms with Crippen molar-refractivity contribution in [3.8, 4) is 22.5 Å². The van der Waals surface area contributed by atoms with Crippen molar-refractivity contribution in [1.29, 1.82) is 0 Å². The number of rotatable bonds is 8. The number of hydrogen-bond donors (Lipinski definition) is 1. The van der Waals surface area contributed by atoms with Crippen LogP contribution in [0.15, 0.2) is 48.5 Å². The van der Waals surface area contributed by atoms with Crippen molar-refractivity contribution >= 4 is 11.6 Å². The zero-order valence-electron chi connectivity index (χ0n) is 19.3. The van der Waals surface area contributed by atoms with E-state index in [1.54, 1.807) is 0 Å². The van der Waals surface area contributed by atoms with Crippen LogP contribution in [0, 0.1) is 0 Å². The van der Waals surface area contributed by atoms with E-state index in [4.69, 9.17) is 0 Å². The van der Waals surface area contributed by atoms with E-state index in [1.165, 1.54) is 0 Å². The Morgan fingerprint density at radius 1 is 1.03 bits per heavy atom. The van der Waals surface area contributed by atoms with E-state index in [0.717, 1.165) is 59.4 Å². The average Bonchev–Trinajstić information content (AvgIpc) is 3.17. The van der Waals surface area contributed by atoms with Crippen LogP contribution in [0.3, 0.4) is 0 Å². The van der Waals surface area contributed by atoms with Gasteiger partial charge in [0.25, 0.3) is 0 Å². The first-order chi connectivity index (χ1) is 15.6. The molecule has 1 aromatic heterocycles. The number of nitrogens with zero attached hydrogens (tertiary/aromatic N) is 4. The maximum atomic E-state index is 13.5. The molecule has 1 N–H and O–H groups in total. The summed E-state index contributed by atoms with van der Waals surface area (Å²) in [4.78, 5) is 15.4. The van der Waals surface area contributed by atoms with E-state index in [0.29, 0.717) is 25.6 Å². The molecule has 1 amide bonds. The monoisotopic (exact) mass is 431 g/mol. The van der Waals surface area contributed by atoms with Crippen LogP contribution in [0.1, 0.15) is 51.5 Å². The summed E-state index contributed by atoms with van der Waals surface area (Å²) in [5.41, 5.74) is 5.82. The Balaban J connectivity index is 1.65. The Morgan fingerprint density at radius 2 is 1.72 bits per heavy atom. The number of fused-ring (bicyclic) bond motifs is 5.